The molecule has 0 spiro atoms. The van der Waals surface area contributed by atoms with E-state index >= 15 is 0 Å². The van der Waals surface area contributed by atoms with Crippen molar-refractivity contribution in [2.75, 3.05) is 6.61 Å². The normalized spacial score (nSPS) is 16.8. The third kappa shape index (κ3) is 8.11. The number of unbranched alkanes of at least 4 members (excludes halogenated alkanes) is 5. The molecule has 0 fully saturated rings. The fraction of sp³-hybridized carbons (Fsp3) is 0.857. The van der Waals surface area contributed by atoms with Crippen LogP contribution in [-0.2, 0) is 14.3 Å². The molecule has 0 amide bonds. The lowest BCUT2D eigenvalue weighted by Crippen LogP contribution is -2.48. The maximum Gasteiger partial charge on any atom is 0.337 e. The van der Waals surface area contributed by atoms with Crippen LogP contribution in [0.25, 0.3) is 0 Å². The first kappa shape index (κ1) is 20.0. The van der Waals surface area contributed by atoms with Crippen molar-refractivity contribution < 1.29 is 34.8 Å². The Labute approximate surface area is 124 Å². The molecule has 0 rings (SSSR count). The first-order valence-corrected chi connectivity index (χ1v) is 7.29. The van der Waals surface area contributed by atoms with Gasteiger partial charge in [-0.05, 0) is 6.42 Å². The molecular weight excluding hydrogens is 280 g/mol. The number of aliphatic hydroxyl groups excluding tert-OH is 4. The fourth-order valence-corrected chi connectivity index (χ4v) is 1.75. The van der Waals surface area contributed by atoms with Crippen LogP contribution in [0.4, 0.5) is 0 Å². The third-order valence-corrected chi connectivity index (χ3v) is 3.15. The molecule has 7 nitrogen and oxygen atoms in total. The Morgan fingerprint density at radius 1 is 1.00 bits per heavy atom. The molecule has 124 valence electrons. The second kappa shape index (κ2) is 11.6. The maximum absolute atomic E-state index is 11.4. The second-order valence-corrected chi connectivity index (χ2v) is 4.99. The van der Waals surface area contributed by atoms with Gasteiger partial charge in [0, 0.05) is 0 Å². The van der Waals surface area contributed by atoms with Gasteiger partial charge >= 0.3 is 5.97 Å². The summed E-state index contributed by atoms with van der Waals surface area (Å²) < 4.78 is 4.77. The van der Waals surface area contributed by atoms with Crippen LogP contribution in [0, 0.1) is 0 Å². The number of esters is 1. The van der Waals surface area contributed by atoms with Gasteiger partial charge in [-0.25, -0.2) is 4.79 Å². The summed E-state index contributed by atoms with van der Waals surface area (Å²) in [6.07, 6.45) is -1.77. The summed E-state index contributed by atoms with van der Waals surface area (Å²) in [5, 5.41) is 37.2. The zero-order chi connectivity index (χ0) is 16.3. The fourth-order valence-electron chi connectivity index (χ4n) is 1.75. The van der Waals surface area contributed by atoms with Gasteiger partial charge in [-0.1, -0.05) is 39.0 Å². The Morgan fingerprint density at radius 3 is 2.14 bits per heavy atom. The van der Waals surface area contributed by atoms with Gasteiger partial charge in [0.1, 0.15) is 18.3 Å². The molecule has 4 N–H and O–H groups in total. The topological polar surface area (TPSA) is 124 Å². The lowest BCUT2D eigenvalue weighted by atomic mass is 10.0. The minimum atomic E-state index is -2.00. The zero-order valence-electron chi connectivity index (χ0n) is 12.4. The van der Waals surface area contributed by atoms with E-state index in [4.69, 9.17) is 9.84 Å². The van der Waals surface area contributed by atoms with Crippen molar-refractivity contribution in [2.24, 2.45) is 0 Å². The molecule has 21 heavy (non-hydrogen) atoms. The van der Waals surface area contributed by atoms with E-state index in [1.807, 2.05) is 0 Å². The van der Waals surface area contributed by atoms with Gasteiger partial charge in [0.05, 0.1) is 6.61 Å². The van der Waals surface area contributed by atoms with Crippen LogP contribution in [0.5, 0.6) is 0 Å². The van der Waals surface area contributed by atoms with Crippen LogP contribution in [0.15, 0.2) is 0 Å². The van der Waals surface area contributed by atoms with Gasteiger partial charge in [0.25, 0.3) is 0 Å². The maximum atomic E-state index is 11.4. The summed E-state index contributed by atoms with van der Waals surface area (Å²) in [7, 11) is 0. The van der Waals surface area contributed by atoms with Gasteiger partial charge in [0.2, 0.25) is 0 Å². The van der Waals surface area contributed by atoms with E-state index in [2.05, 4.69) is 6.92 Å². The molecule has 0 saturated carbocycles. The summed E-state index contributed by atoms with van der Waals surface area (Å²) in [6.45, 7) is 2.23. The number of aldehydes is 1. The van der Waals surface area contributed by atoms with Crippen molar-refractivity contribution in [1.29, 1.82) is 0 Å². The van der Waals surface area contributed by atoms with E-state index in [0.717, 1.165) is 25.7 Å². The van der Waals surface area contributed by atoms with E-state index in [1.165, 1.54) is 6.42 Å². The number of hydrogen-bond donors (Lipinski definition) is 4. The smallest absolute Gasteiger partial charge is 0.337 e. The summed E-state index contributed by atoms with van der Waals surface area (Å²) in [5.74, 6) is -1.09. The Bertz CT molecular complexity index is 295. The van der Waals surface area contributed by atoms with E-state index in [1.54, 1.807) is 0 Å². The van der Waals surface area contributed by atoms with Crippen LogP contribution in [-0.4, -0.2) is 63.7 Å². The number of aliphatic hydroxyl groups is 4. The highest BCUT2D eigenvalue weighted by Gasteiger charge is 2.35. The molecule has 0 aromatic rings. The van der Waals surface area contributed by atoms with Crippen LogP contribution < -0.4 is 0 Å². The highest BCUT2D eigenvalue weighted by Crippen LogP contribution is 2.08. The summed E-state index contributed by atoms with van der Waals surface area (Å²) in [6, 6.07) is 0. The molecule has 7 heteroatoms. The first-order valence-electron chi connectivity index (χ1n) is 7.29. The van der Waals surface area contributed by atoms with E-state index in [9.17, 15) is 24.9 Å². The molecular formula is C14H26O7. The Kier molecular flexibility index (Phi) is 11.1. The summed E-state index contributed by atoms with van der Waals surface area (Å²) >= 11 is 0. The first-order chi connectivity index (χ1) is 9.95. The van der Waals surface area contributed by atoms with Crippen molar-refractivity contribution in [3.05, 3.63) is 0 Å². The zero-order valence-corrected chi connectivity index (χ0v) is 12.4. The minimum absolute atomic E-state index is 0.00222. The molecule has 0 heterocycles. The van der Waals surface area contributed by atoms with Crippen molar-refractivity contribution in [3.8, 4) is 0 Å². The number of ether oxygens (including phenoxy) is 1. The molecule has 0 aliphatic heterocycles. The minimum Gasteiger partial charge on any atom is -0.464 e. The largest absolute Gasteiger partial charge is 0.464 e. The second-order valence-electron chi connectivity index (χ2n) is 4.99. The highest BCUT2D eigenvalue weighted by atomic mass is 16.5. The molecule has 0 radical (unpaired) electrons. The lowest BCUT2D eigenvalue weighted by Gasteiger charge is -2.22. The van der Waals surface area contributed by atoms with Crippen molar-refractivity contribution in [3.63, 3.8) is 0 Å². The standard InChI is InChI=1S/C14H26O7/c1-2-3-4-5-6-7-8-21-14(20)13(19)12(18)11(17)10(16)9-15/h9-13,16-19H,2-8H2,1H3/t10-,11+,12-,13-/m0/s1. The number of hydrogen-bond acceptors (Lipinski definition) is 7. The highest BCUT2D eigenvalue weighted by molar-refractivity contribution is 5.75. The predicted octanol–water partition coefficient (Wildman–Crippen LogP) is -0.467. The van der Waals surface area contributed by atoms with E-state index in [0.29, 0.717) is 6.42 Å². The van der Waals surface area contributed by atoms with Crippen LogP contribution >= 0.6 is 0 Å². The van der Waals surface area contributed by atoms with Crippen LogP contribution in [0.2, 0.25) is 0 Å². The molecule has 0 bridgehead atoms. The summed E-state index contributed by atoms with van der Waals surface area (Å²) in [5.41, 5.74) is 0. The van der Waals surface area contributed by atoms with Gasteiger partial charge < -0.3 is 30.0 Å². The quantitative estimate of drug-likeness (QED) is 0.218. The van der Waals surface area contributed by atoms with Gasteiger partial charge in [-0.3, -0.25) is 0 Å². The Balaban J connectivity index is 3.91. The van der Waals surface area contributed by atoms with E-state index < -0.39 is 30.4 Å². The van der Waals surface area contributed by atoms with Crippen molar-refractivity contribution in [2.45, 2.75) is 69.9 Å². The van der Waals surface area contributed by atoms with E-state index in [-0.39, 0.29) is 12.9 Å². The van der Waals surface area contributed by atoms with Gasteiger partial charge in [-0.2, -0.15) is 0 Å². The molecule has 0 aromatic heterocycles. The van der Waals surface area contributed by atoms with Gasteiger partial charge in [-0.15, -0.1) is 0 Å². The number of carbonyl (C=O) groups excluding carboxylic acids is 2. The molecule has 0 aromatic carbocycles. The van der Waals surface area contributed by atoms with Crippen LogP contribution in [0.3, 0.4) is 0 Å². The monoisotopic (exact) mass is 306 g/mol. The van der Waals surface area contributed by atoms with Crippen LogP contribution in [0.1, 0.15) is 45.4 Å². The number of carbonyl (C=O) groups is 2. The SMILES string of the molecule is CCCCCCCCOC(=O)[C@@H](O)[C@@H](O)[C@H](O)[C@@H](O)C=O. The van der Waals surface area contributed by atoms with Gasteiger partial charge in [0.15, 0.2) is 12.4 Å². The van der Waals surface area contributed by atoms with Crippen molar-refractivity contribution >= 4 is 12.3 Å². The Hall–Kier alpha value is -1.02. The molecule has 0 unspecified atom stereocenters. The average molecular weight is 306 g/mol. The third-order valence-electron chi connectivity index (χ3n) is 3.15. The predicted molar refractivity (Wildman–Crippen MR) is 74.4 cm³/mol. The molecule has 4 atom stereocenters. The average Bonchev–Trinajstić information content (AvgIpc) is 2.50. The lowest BCUT2D eigenvalue weighted by molar-refractivity contribution is -0.169. The van der Waals surface area contributed by atoms with Crippen molar-refractivity contribution in [1.82, 2.24) is 0 Å². The molecule has 0 aliphatic carbocycles. The molecule has 0 saturated heterocycles. The molecule has 0 aliphatic rings. The number of rotatable bonds is 12. The summed E-state index contributed by atoms with van der Waals surface area (Å²) in [4.78, 5) is 21.7. The Morgan fingerprint density at radius 2 is 1.57 bits per heavy atom.